The van der Waals surface area contributed by atoms with Gasteiger partial charge in [-0.15, -0.1) is 0 Å². The molecule has 0 aliphatic carbocycles. The fraction of sp³-hybridized carbons (Fsp3) is 0.529. The number of ether oxygens (including phenoxy) is 3. The molecule has 4 aromatic rings. The van der Waals surface area contributed by atoms with E-state index in [1.165, 1.54) is 28.4 Å². The van der Waals surface area contributed by atoms with Gasteiger partial charge in [-0.25, -0.2) is 5.43 Å². The number of rotatable bonds is 12. The summed E-state index contributed by atoms with van der Waals surface area (Å²) in [5.74, 6) is -4.02. The van der Waals surface area contributed by atoms with Gasteiger partial charge < -0.3 is 34.1 Å². The van der Waals surface area contributed by atoms with Crippen molar-refractivity contribution in [2.24, 2.45) is 17.3 Å². The molecule has 4 aliphatic heterocycles. The highest BCUT2D eigenvalue weighted by Gasteiger charge is 2.53. The van der Waals surface area contributed by atoms with Crippen LogP contribution in [0, 0.1) is 17.3 Å². The summed E-state index contributed by atoms with van der Waals surface area (Å²) in [5, 5.41) is 16.6. The number of esters is 2. The Kier molecular flexibility index (Phi) is 15.0. The Balaban J connectivity index is 1.14. The zero-order valence-electron chi connectivity index (χ0n) is 41.8. The summed E-state index contributed by atoms with van der Waals surface area (Å²) in [6.45, 7) is 11.0. The van der Waals surface area contributed by atoms with E-state index in [1.807, 2.05) is 24.4 Å². The number of nitrogens with zero attached hydrogens (tertiary/aromatic N) is 6. The summed E-state index contributed by atoms with van der Waals surface area (Å²) in [5.41, 5.74) is 9.45. The maximum Gasteiger partial charge on any atom is 0.325 e. The predicted octanol–water partition coefficient (Wildman–Crippen LogP) is 3.80. The Labute approximate surface area is 414 Å². The van der Waals surface area contributed by atoms with E-state index < -0.39 is 81.3 Å². The zero-order valence-corrected chi connectivity index (χ0v) is 42.6. The predicted molar refractivity (Wildman–Crippen MR) is 263 cm³/mol. The van der Waals surface area contributed by atoms with Crippen molar-refractivity contribution in [2.75, 3.05) is 54.1 Å². The number of fused-ring (bicyclic) bond motifs is 6. The maximum absolute atomic E-state index is 14.8. The Morgan fingerprint density at radius 2 is 1.82 bits per heavy atom. The highest BCUT2D eigenvalue weighted by molar-refractivity contribution is 7.87. The summed E-state index contributed by atoms with van der Waals surface area (Å²) in [6.07, 6.45) is 5.14. The van der Waals surface area contributed by atoms with Crippen LogP contribution in [0.25, 0.3) is 33.3 Å². The van der Waals surface area contributed by atoms with Crippen molar-refractivity contribution in [1.82, 2.24) is 38.8 Å². The molecule has 3 fully saturated rings. The summed E-state index contributed by atoms with van der Waals surface area (Å²) in [7, 11) is 0.310. The average Bonchev–Trinajstić information content (AvgIpc) is 3.91. The number of cyclic esters (lactones) is 1. The monoisotopic (exact) mass is 998 g/mol. The van der Waals surface area contributed by atoms with Gasteiger partial charge in [0.2, 0.25) is 11.8 Å². The molecule has 382 valence electrons. The SMILES string of the molecule is CCn1c(-c2cnccc2COC)c2c3cc(ccc31)-c1cc(O)cc(c1)C[C@H](NC(=O)[C@H](C(C)C)N(C)C(=O)[C@H]1CCN(S(=O)(=O)N3C[C@H]3C(=O)OC)C1)C(=O)N1CCC[C@H](N1)C(=O)OCC(C)(C)C2. The van der Waals surface area contributed by atoms with Gasteiger partial charge in [0.05, 0.1) is 31.9 Å². The number of aryl methyl sites for hydroxylation is 1. The second-order valence-corrected chi connectivity index (χ2v) is 22.2. The van der Waals surface area contributed by atoms with E-state index in [-0.39, 0.29) is 51.4 Å². The van der Waals surface area contributed by atoms with Crippen LogP contribution in [0.5, 0.6) is 5.75 Å². The fourth-order valence-corrected chi connectivity index (χ4v) is 12.3. The number of hydrazine groups is 1. The van der Waals surface area contributed by atoms with E-state index >= 15 is 0 Å². The van der Waals surface area contributed by atoms with Crippen molar-refractivity contribution in [3.8, 4) is 28.1 Å². The first-order valence-electron chi connectivity index (χ1n) is 24.3. The van der Waals surface area contributed by atoms with E-state index in [0.717, 1.165) is 43.2 Å². The van der Waals surface area contributed by atoms with E-state index in [4.69, 9.17) is 14.2 Å². The lowest BCUT2D eigenvalue weighted by Crippen LogP contribution is -2.62. The number of hydrogen-bond donors (Lipinski definition) is 3. The normalized spacial score (nSPS) is 23.2. The number of carbonyl (C=O) groups is 5. The topological polar surface area (TPSA) is 222 Å². The first-order chi connectivity index (χ1) is 33.8. The third kappa shape index (κ3) is 10.5. The number of benzene rings is 2. The van der Waals surface area contributed by atoms with Gasteiger partial charge in [-0.2, -0.15) is 17.0 Å². The summed E-state index contributed by atoms with van der Waals surface area (Å²) < 4.78 is 47.6. The van der Waals surface area contributed by atoms with Crippen LogP contribution in [-0.4, -0.2) is 149 Å². The van der Waals surface area contributed by atoms with E-state index in [1.54, 1.807) is 39.3 Å². The van der Waals surface area contributed by atoms with Crippen LogP contribution < -0.4 is 10.7 Å². The van der Waals surface area contributed by atoms with Gasteiger partial charge in [0.25, 0.3) is 16.1 Å². The van der Waals surface area contributed by atoms with Crippen molar-refractivity contribution < 1.29 is 51.7 Å². The molecule has 1 unspecified atom stereocenters. The molecule has 6 atom stereocenters. The van der Waals surface area contributed by atoms with Gasteiger partial charge in [0, 0.05) is 87.6 Å². The molecule has 3 saturated heterocycles. The van der Waals surface area contributed by atoms with Crippen LogP contribution >= 0.6 is 0 Å². The largest absolute Gasteiger partial charge is 0.508 e. The molecule has 8 rings (SSSR count). The standard InChI is InChI=1S/C51H66N8O11S/c1-9-57-42-13-12-32-23-37(42)38(45(57)39-25-52-16-14-34(39)28-68-7)24-51(4,5)29-70-49(64)40-11-10-17-58(54-40)48(63)41(21-31-19-35(32)22-36(60)20-31)53-46(61)44(30(2)3)55(6)47(62)33-15-18-56(26-33)71(66,67)59-27-43(59)50(65)69-8/h12-14,16,19-20,22-23,25,30,33,40-41,43-44,54,60H,9-11,15,17-18,21,24,26-29H2,1-8H3,(H,53,61)/t33-,40-,41-,43-,44-,59?/m0/s1. The highest BCUT2D eigenvalue weighted by Crippen LogP contribution is 2.42. The number of amides is 3. The van der Waals surface area contributed by atoms with Crippen molar-refractivity contribution in [3.63, 3.8) is 0 Å². The number of hydrogen-bond acceptors (Lipinski definition) is 13. The second kappa shape index (κ2) is 20.7. The van der Waals surface area contributed by atoms with E-state index in [2.05, 4.69) is 53.2 Å². The van der Waals surface area contributed by atoms with Gasteiger partial charge in [0.15, 0.2) is 0 Å². The quantitative estimate of drug-likeness (QED) is 0.136. The van der Waals surface area contributed by atoms with Crippen LogP contribution in [0.3, 0.4) is 0 Å². The molecule has 3 amide bonds. The molecule has 0 saturated carbocycles. The number of aromatic hydroxyl groups is 1. The van der Waals surface area contributed by atoms with Gasteiger partial charge in [0.1, 0.15) is 29.9 Å². The molecule has 20 heteroatoms. The molecule has 0 spiro atoms. The molecule has 2 aromatic heterocycles. The van der Waals surface area contributed by atoms with Crippen LogP contribution in [0.15, 0.2) is 54.9 Å². The first-order valence-corrected chi connectivity index (χ1v) is 25.7. The van der Waals surface area contributed by atoms with Crippen LogP contribution in [-0.2, 0) is 74.4 Å². The molecule has 6 bridgehead atoms. The molecule has 6 heterocycles. The molecule has 19 nitrogen and oxygen atoms in total. The van der Waals surface area contributed by atoms with Crippen molar-refractivity contribution in [2.45, 2.75) is 104 Å². The Morgan fingerprint density at radius 3 is 2.54 bits per heavy atom. The van der Waals surface area contributed by atoms with Gasteiger partial charge in [-0.1, -0.05) is 39.8 Å². The number of likely N-dealkylation sites (N-methyl/N-ethyl adjacent to an activating group) is 1. The number of methoxy groups -OCH3 is 2. The third-order valence-corrected chi connectivity index (χ3v) is 16.1. The minimum Gasteiger partial charge on any atom is -0.508 e. The maximum atomic E-state index is 14.8. The molecule has 2 aromatic carbocycles. The lowest BCUT2D eigenvalue weighted by Gasteiger charge is -2.37. The van der Waals surface area contributed by atoms with Crippen molar-refractivity contribution >= 4 is 50.8 Å². The summed E-state index contributed by atoms with van der Waals surface area (Å²) >= 11 is 0. The molecular weight excluding hydrogens is 933 g/mol. The van der Waals surface area contributed by atoms with Crippen LogP contribution in [0.1, 0.15) is 70.6 Å². The summed E-state index contributed by atoms with van der Waals surface area (Å²) in [6, 6.07) is 9.14. The second-order valence-electron chi connectivity index (χ2n) is 20.3. The smallest absolute Gasteiger partial charge is 0.325 e. The van der Waals surface area contributed by atoms with Gasteiger partial charge >= 0.3 is 11.9 Å². The number of carbonyl (C=O) groups excluding carboxylic acids is 5. The average molecular weight is 999 g/mol. The number of pyridine rings is 1. The fourth-order valence-electron chi connectivity index (χ4n) is 10.5. The van der Waals surface area contributed by atoms with Crippen LogP contribution in [0.4, 0.5) is 0 Å². The molecule has 71 heavy (non-hydrogen) atoms. The Bertz CT molecular complexity index is 2830. The van der Waals surface area contributed by atoms with Crippen molar-refractivity contribution in [1.29, 1.82) is 0 Å². The van der Waals surface area contributed by atoms with Gasteiger partial charge in [-0.05, 0) is 96.7 Å². The Morgan fingerprint density at radius 1 is 1.04 bits per heavy atom. The van der Waals surface area contributed by atoms with Crippen LogP contribution in [0.2, 0.25) is 0 Å². The molecule has 0 radical (unpaired) electrons. The Hall–Kier alpha value is -5.93. The lowest BCUT2D eigenvalue weighted by molar-refractivity contribution is -0.155. The summed E-state index contributed by atoms with van der Waals surface area (Å²) in [4.78, 5) is 75.4. The number of aromatic nitrogens is 2. The van der Waals surface area contributed by atoms with E-state index in [0.29, 0.717) is 43.5 Å². The minimum absolute atomic E-state index is 0.00527. The number of nitrogens with one attached hydrogen (secondary N) is 2. The minimum atomic E-state index is -4.03. The lowest BCUT2D eigenvalue weighted by atomic mass is 9.84. The first kappa shape index (κ1) is 51.4. The molecular formula is C51H66N8O11S. The van der Waals surface area contributed by atoms with Crippen molar-refractivity contribution in [3.05, 3.63) is 71.5 Å². The van der Waals surface area contributed by atoms with Gasteiger partial charge in [-0.3, -0.25) is 34.0 Å². The number of phenols is 1. The zero-order chi connectivity index (χ0) is 51.1. The van der Waals surface area contributed by atoms with E-state index in [9.17, 15) is 37.5 Å². The number of phenolic OH excluding ortho intramolecular Hbond substituents is 1. The third-order valence-electron chi connectivity index (χ3n) is 14.1. The highest BCUT2D eigenvalue weighted by atomic mass is 32.2. The molecule has 4 aliphatic rings. The molecule has 3 N–H and O–H groups in total.